The Morgan fingerprint density at radius 2 is 2.00 bits per heavy atom. The molecule has 1 N–H and O–H groups in total. The molecule has 0 unspecified atom stereocenters. The number of hydrogen-bond acceptors (Lipinski definition) is 4. The quantitative estimate of drug-likeness (QED) is 0.828. The monoisotopic (exact) mass is 368 g/mol. The third-order valence-electron chi connectivity index (χ3n) is 3.85. The van der Waals surface area contributed by atoms with Gasteiger partial charge in [0.2, 0.25) is 0 Å². The zero-order valence-corrected chi connectivity index (χ0v) is 14.8. The van der Waals surface area contributed by atoms with Crippen molar-refractivity contribution in [3.05, 3.63) is 39.9 Å². The maximum absolute atomic E-state index is 12.3. The van der Waals surface area contributed by atoms with E-state index in [2.05, 4.69) is 9.88 Å². The molecule has 0 amide bonds. The zero-order valence-electron chi connectivity index (χ0n) is 13.3. The van der Waals surface area contributed by atoms with Gasteiger partial charge in [0.15, 0.2) is 0 Å². The van der Waals surface area contributed by atoms with Gasteiger partial charge in [0, 0.05) is 18.8 Å². The van der Waals surface area contributed by atoms with Crippen LogP contribution in [-0.2, 0) is 9.47 Å². The van der Waals surface area contributed by atoms with Crippen LogP contribution in [0.25, 0.3) is 11.3 Å². The van der Waals surface area contributed by atoms with Crippen molar-refractivity contribution in [2.75, 3.05) is 37.8 Å². The molecule has 1 aliphatic heterocycles. The number of hydrogen-bond donors (Lipinski definition) is 1. The summed E-state index contributed by atoms with van der Waals surface area (Å²) in [5.41, 5.74) is 2.16. The van der Waals surface area contributed by atoms with Crippen molar-refractivity contribution in [3.8, 4) is 11.3 Å². The van der Waals surface area contributed by atoms with Gasteiger partial charge in [0.25, 0.3) is 0 Å². The molecule has 1 aromatic heterocycles. The van der Waals surface area contributed by atoms with E-state index in [1.54, 1.807) is 25.1 Å². The maximum atomic E-state index is 12.3. The summed E-state index contributed by atoms with van der Waals surface area (Å²) in [7, 11) is 0. The molecule has 2 aromatic rings. The highest BCUT2D eigenvalue weighted by Crippen LogP contribution is 2.32. The Balaban J connectivity index is 2.01. The lowest BCUT2D eigenvalue weighted by Crippen LogP contribution is -2.37. The molecular formula is C17H18Cl2N2O3. The van der Waals surface area contributed by atoms with Crippen molar-refractivity contribution in [1.82, 2.24) is 4.98 Å². The van der Waals surface area contributed by atoms with Crippen LogP contribution in [0.1, 0.15) is 17.3 Å². The number of morpholine rings is 1. The van der Waals surface area contributed by atoms with Crippen LogP contribution in [0.4, 0.5) is 5.82 Å². The highest BCUT2D eigenvalue weighted by Gasteiger charge is 2.23. The summed E-state index contributed by atoms with van der Waals surface area (Å²) >= 11 is 12.1. The summed E-state index contributed by atoms with van der Waals surface area (Å²) in [6.45, 7) is 4.81. The van der Waals surface area contributed by atoms with Crippen LogP contribution in [0.15, 0.2) is 24.3 Å². The smallest absolute Gasteiger partial charge is 0.341 e. The van der Waals surface area contributed by atoms with Crippen LogP contribution >= 0.6 is 23.2 Å². The SMILES string of the molecule is CCOC(=O)c1cc(-c2ccc(Cl)c(Cl)c2)[nH]c1N1CCOCC1. The fraction of sp³-hybridized carbons (Fsp3) is 0.353. The number of H-pyrrole nitrogens is 1. The molecule has 0 aliphatic carbocycles. The van der Waals surface area contributed by atoms with Gasteiger partial charge in [-0.05, 0) is 30.7 Å². The summed E-state index contributed by atoms with van der Waals surface area (Å²) in [6.07, 6.45) is 0. The van der Waals surface area contributed by atoms with Gasteiger partial charge in [-0.2, -0.15) is 0 Å². The second kappa shape index (κ2) is 7.47. The molecule has 5 nitrogen and oxygen atoms in total. The van der Waals surface area contributed by atoms with E-state index >= 15 is 0 Å². The van der Waals surface area contributed by atoms with Gasteiger partial charge in [-0.25, -0.2) is 4.79 Å². The lowest BCUT2D eigenvalue weighted by Gasteiger charge is -2.28. The molecule has 0 atom stereocenters. The van der Waals surface area contributed by atoms with Gasteiger partial charge in [0.05, 0.1) is 29.9 Å². The number of halogens is 2. The van der Waals surface area contributed by atoms with E-state index in [0.29, 0.717) is 48.5 Å². The van der Waals surface area contributed by atoms with Crippen LogP contribution in [-0.4, -0.2) is 43.9 Å². The van der Waals surface area contributed by atoms with E-state index in [9.17, 15) is 4.79 Å². The summed E-state index contributed by atoms with van der Waals surface area (Å²) in [4.78, 5) is 17.7. The minimum Gasteiger partial charge on any atom is -0.462 e. The van der Waals surface area contributed by atoms with Gasteiger partial charge in [-0.3, -0.25) is 0 Å². The molecule has 24 heavy (non-hydrogen) atoms. The molecule has 0 bridgehead atoms. The number of benzene rings is 1. The molecule has 1 aromatic carbocycles. The molecule has 2 heterocycles. The van der Waals surface area contributed by atoms with Crippen molar-refractivity contribution >= 4 is 35.0 Å². The van der Waals surface area contributed by atoms with Gasteiger partial charge < -0.3 is 19.4 Å². The highest BCUT2D eigenvalue weighted by molar-refractivity contribution is 6.42. The second-order valence-corrected chi connectivity index (χ2v) is 6.21. The van der Waals surface area contributed by atoms with Gasteiger partial charge in [0.1, 0.15) is 11.4 Å². The van der Waals surface area contributed by atoms with Crippen molar-refractivity contribution in [2.24, 2.45) is 0 Å². The maximum Gasteiger partial charge on any atom is 0.341 e. The number of carbonyl (C=O) groups excluding carboxylic acids is 1. The standard InChI is InChI=1S/C17H18Cl2N2O3/c1-2-24-17(22)12-10-15(11-3-4-13(18)14(19)9-11)20-16(12)21-5-7-23-8-6-21/h3-4,9-10,20H,2,5-8H2,1H3. The van der Waals surface area contributed by atoms with Crippen LogP contribution in [0, 0.1) is 0 Å². The molecular weight excluding hydrogens is 351 g/mol. The third kappa shape index (κ3) is 3.53. The lowest BCUT2D eigenvalue weighted by atomic mass is 10.1. The van der Waals surface area contributed by atoms with Crippen molar-refractivity contribution < 1.29 is 14.3 Å². The van der Waals surface area contributed by atoms with Gasteiger partial charge >= 0.3 is 5.97 Å². The first-order chi connectivity index (χ1) is 11.6. The first-order valence-electron chi connectivity index (χ1n) is 7.78. The van der Waals surface area contributed by atoms with Crippen LogP contribution in [0.3, 0.4) is 0 Å². The lowest BCUT2D eigenvalue weighted by molar-refractivity contribution is 0.0526. The number of aromatic amines is 1. The Kier molecular flexibility index (Phi) is 5.33. The summed E-state index contributed by atoms with van der Waals surface area (Å²) in [6, 6.07) is 7.16. The molecule has 0 saturated carbocycles. The molecule has 1 saturated heterocycles. The summed E-state index contributed by atoms with van der Waals surface area (Å²) in [5.74, 6) is 0.402. The number of aromatic nitrogens is 1. The first-order valence-corrected chi connectivity index (χ1v) is 8.54. The first kappa shape index (κ1) is 17.1. The molecule has 7 heteroatoms. The number of carbonyl (C=O) groups is 1. The second-order valence-electron chi connectivity index (χ2n) is 5.39. The van der Waals surface area contributed by atoms with E-state index in [0.717, 1.165) is 17.1 Å². The van der Waals surface area contributed by atoms with Gasteiger partial charge in [-0.1, -0.05) is 29.3 Å². The van der Waals surface area contributed by atoms with E-state index in [4.69, 9.17) is 32.7 Å². The predicted octanol–water partition coefficient (Wildman–Crippen LogP) is 4.00. The number of ether oxygens (including phenoxy) is 2. The Bertz CT molecular complexity index is 739. The van der Waals surface area contributed by atoms with Crippen LogP contribution in [0.2, 0.25) is 10.0 Å². The highest BCUT2D eigenvalue weighted by atomic mass is 35.5. The Hall–Kier alpha value is -1.69. The van der Waals surface area contributed by atoms with Crippen LogP contribution < -0.4 is 4.90 Å². The number of nitrogens with one attached hydrogen (secondary N) is 1. The third-order valence-corrected chi connectivity index (χ3v) is 4.59. The summed E-state index contributed by atoms with van der Waals surface area (Å²) < 4.78 is 10.6. The molecule has 1 fully saturated rings. The predicted molar refractivity (Wildman–Crippen MR) is 95.2 cm³/mol. The Morgan fingerprint density at radius 3 is 2.67 bits per heavy atom. The zero-order chi connectivity index (χ0) is 17.1. The average molecular weight is 369 g/mol. The molecule has 0 spiro atoms. The van der Waals surface area contributed by atoms with E-state index < -0.39 is 0 Å². The Morgan fingerprint density at radius 1 is 1.25 bits per heavy atom. The Labute approximate surface area is 150 Å². The molecule has 3 rings (SSSR count). The normalized spacial score (nSPS) is 14.7. The summed E-state index contributed by atoms with van der Waals surface area (Å²) in [5, 5.41) is 0.959. The van der Waals surface area contributed by atoms with Crippen molar-refractivity contribution in [1.29, 1.82) is 0 Å². The number of nitrogens with zero attached hydrogens (tertiary/aromatic N) is 1. The number of esters is 1. The van der Waals surface area contributed by atoms with Gasteiger partial charge in [-0.15, -0.1) is 0 Å². The molecule has 1 aliphatic rings. The largest absolute Gasteiger partial charge is 0.462 e. The molecule has 0 radical (unpaired) electrons. The minimum absolute atomic E-state index is 0.328. The number of anilines is 1. The van der Waals surface area contributed by atoms with Crippen LogP contribution in [0.5, 0.6) is 0 Å². The van der Waals surface area contributed by atoms with E-state index in [1.807, 2.05) is 6.07 Å². The van der Waals surface area contributed by atoms with Crippen molar-refractivity contribution in [3.63, 3.8) is 0 Å². The average Bonchev–Trinajstić information content (AvgIpc) is 3.04. The topological polar surface area (TPSA) is 54.6 Å². The molecule has 128 valence electrons. The van der Waals surface area contributed by atoms with E-state index in [1.165, 1.54) is 0 Å². The van der Waals surface area contributed by atoms with Crippen molar-refractivity contribution in [2.45, 2.75) is 6.92 Å². The fourth-order valence-electron chi connectivity index (χ4n) is 2.66. The van der Waals surface area contributed by atoms with E-state index in [-0.39, 0.29) is 5.97 Å². The fourth-order valence-corrected chi connectivity index (χ4v) is 2.96. The number of rotatable bonds is 4. The minimum atomic E-state index is -0.346.